The molecule has 1 aromatic carbocycles. The molecule has 0 heterocycles. The summed E-state index contributed by atoms with van der Waals surface area (Å²) >= 11 is 0. The van der Waals surface area contributed by atoms with Crippen molar-refractivity contribution in [2.75, 3.05) is 19.4 Å². The quantitative estimate of drug-likeness (QED) is 0.840. The zero-order valence-corrected chi connectivity index (χ0v) is 13.8. The Morgan fingerprint density at radius 3 is 2.35 bits per heavy atom. The molecule has 1 N–H and O–H groups in total. The number of sulfone groups is 1. The third kappa shape index (κ3) is 3.52. The van der Waals surface area contributed by atoms with E-state index in [2.05, 4.69) is 5.32 Å². The summed E-state index contributed by atoms with van der Waals surface area (Å²) in [7, 11) is -3.22. The van der Waals surface area contributed by atoms with Gasteiger partial charge in [-0.1, -0.05) is 25.1 Å². The topological polar surface area (TPSA) is 55.4 Å². The Labute approximate surface area is 122 Å². The molecule has 0 saturated carbocycles. The fourth-order valence-electron chi connectivity index (χ4n) is 2.15. The van der Waals surface area contributed by atoms with E-state index in [1.165, 1.54) is 6.26 Å². The van der Waals surface area contributed by atoms with E-state index in [9.17, 15) is 8.42 Å². The Balaban J connectivity index is 3.35. The van der Waals surface area contributed by atoms with Crippen LogP contribution in [0.4, 0.5) is 0 Å². The molecule has 114 valence electrons. The summed E-state index contributed by atoms with van der Waals surface area (Å²) in [4.78, 5) is 0. The highest BCUT2D eigenvalue weighted by atomic mass is 32.2. The van der Waals surface area contributed by atoms with E-state index in [4.69, 9.17) is 4.74 Å². The minimum atomic E-state index is -3.22. The smallest absolute Gasteiger partial charge is 0.154 e. The molecule has 0 aliphatic rings. The molecular weight excluding hydrogens is 274 g/mol. The van der Waals surface area contributed by atoms with Gasteiger partial charge >= 0.3 is 0 Å². The first kappa shape index (κ1) is 17.0. The normalized spacial score (nSPS) is 14.1. The monoisotopic (exact) mass is 299 g/mol. The van der Waals surface area contributed by atoms with Crippen LogP contribution in [0.1, 0.15) is 39.3 Å². The molecule has 0 bridgehead atoms. The summed E-state index contributed by atoms with van der Waals surface area (Å²) in [5.41, 5.74) is 0.881. The number of benzene rings is 1. The summed E-state index contributed by atoms with van der Waals surface area (Å²) in [6.45, 7) is 8.62. The van der Waals surface area contributed by atoms with Crippen molar-refractivity contribution in [1.82, 2.24) is 5.32 Å². The van der Waals surface area contributed by atoms with Gasteiger partial charge in [-0.05, 0) is 33.4 Å². The van der Waals surface area contributed by atoms with Crippen molar-refractivity contribution in [3.8, 4) is 5.75 Å². The summed E-state index contributed by atoms with van der Waals surface area (Å²) in [6, 6.07) is 7.28. The maximum Gasteiger partial charge on any atom is 0.154 e. The predicted octanol–water partition coefficient (Wildman–Crippen LogP) is 2.56. The fourth-order valence-corrected chi connectivity index (χ4v) is 2.79. The molecule has 0 saturated heterocycles. The molecule has 1 unspecified atom stereocenters. The van der Waals surface area contributed by atoms with Gasteiger partial charge in [-0.3, -0.25) is 0 Å². The fraction of sp³-hybridized carbons (Fsp3) is 0.600. The predicted molar refractivity (Wildman–Crippen MR) is 83.0 cm³/mol. The Bertz CT molecular complexity index is 538. The second kappa shape index (κ2) is 6.59. The van der Waals surface area contributed by atoms with Crippen LogP contribution in [0.2, 0.25) is 0 Å². The van der Waals surface area contributed by atoms with Gasteiger partial charge in [0, 0.05) is 11.8 Å². The Kier molecular flexibility index (Phi) is 5.59. The molecular formula is C15H25NO3S. The molecule has 1 atom stereocenters. The Morgan fingerprint density at radius 2 is 1.85 bits per heavy atom. The number of rotatable bonds is 7. The number of para-hydroxylation sites is 1. The average molecular weight is 299 g/mol. The highest BCUT2D eigenvalue weighted by Gasteiger charge is 2.40. The summed E-state index contributed by atoms with van der Waals surface area (Å²) in [5.74, 6) is 0.734. The van der Waals surface area contributed by atoms with E-state index in [0.29, 0.717) is 13.2 Å². The maximum absolute atomic E-state index is 12.1. The average Bonchev–Trinajstić information content (AvgIpc) is 2.36. The second-order valence-corrected chi connectivity index (χ2v) is 7.93. The van der Waals surface area contributed by atoms with Gasteiger partial charge < -0.3 is 10.1 Å². The molecule has 1 rings (SSSR count). The van der Waals surface area contributed by atoms with E-state index in [-0.39, 0.29) is 6.04 Å². The van der Waals surface area contributed by atoms with E-state index < -0.39 is 14.6 Å². The Morgan fingerprint density at radius 1 is 1.25 bits per heavy atom. The van der Waals surface area contributed by atoms with E-state index in [0.717, 1.165) is 11.3 Å². The number of nitrogens with one attached hydrogen (secondary N) is 1. The van der Waals surface area contributed by atoms with Crippen LogP contribution in [0.25, 0.3) is 0 Å². The van der Waals surface area contributed by atoms with Gasteiger partial charge in [0.25, 0.3) is 0 Å². The standard InChI is InChI=1S/C15H25NO3S/c1-6-16-14(15(3,4)20(5,17)18)12-10-8-9-11-13(12)19-7-2/h8-11,14,16H,6-7H2,1-5H3. The first-order valence-corrected chi connectivity index (χ1v) is 8.79. The molecule has 1 aromatic rings. The van der Waals surface area contributed by atoms with Crippen LogP contribution in [0.3, 0.4) is 0 Å². The lowest BCUT2D eigenvalue weighted by molar-refractivity contribution is 0.325. The number of ether oxygens (including phenoxy) is 1. The minimum absolute atomic E-state index is 0.315. The van der Waals surface area contributed by atoms with Crippen molar-refractivity contribution in [2.45, 2.75) is 38.5 Å². The van der Waals surface area contributed by atoms with Crippen molar-refractivity contribution in [2.24, 2.45) is 0 Å². The lowest BCUT2D eigenvalue weighted by Gasteiger charge is -2.34. The first-order valence-electron chi connectivity index (χ1n) is 6.90. The van der Waals surface area contributed by atoms with Gasteiger partial charge in [0.2, 0.25) is 0 Å². The summed E-state index contributed by atoms with van der Waals surface area (Å²) < 4.78 is 29.0. The largest absolute Gasteiger partial charge is 0.494 e. The van der Waals surface area contributed by atoms with Crippen molar-refractivity contribution >= 4 is 9.84 Å². The van der Waals surface area contributed by atoms with Crippen LogP contribution < -0.4 is 10.1 Å². The van der Waals surface area contributed by atoms with Crippen LogP contribution in [-0.2, 0) is 9.84 Å². The van der Waals surface area contributed by atoms with Crippen molar-refractivity contribution in [3.63, 3.8) is 0 Å². The molecule has 5 heteroatoms. The zero-order chi connectivity index (χ0) is 15.4. The molecule has 0 fully saturated rings. The zero-order valence-electron chi connectivity index (χ0n) is 12.9. The molecule has 0 spiro atoms. The number of hydrogen-bond donors (Lipinski definition) is 1. The summed E-state index contributed by atoms with van der Waals surface area (Å²) in [5, 5.41) is 3.29. The van der Waals surface area contributed by atoms with Crippen LogP contribution in [0.5, 0.6) is 5.75 Å². The highest BCUT2D eigenvalue weighted by Crippen LogP contribution is 2.36. The lowest BCUT2D eigenvalue weighted by Crippen LogP contribution is -2.45. The lowest BCUT2D eigenvalue weighted by atomic mass is 9.94. The van der Waals surface area contributed by atoms with Crippen LogP contribution in [0, 0.1) is 0 Å². The van der Waals surface area contributed by atoms with Crippen molar-refractivity contribution < 1.29 is 13.2 Å². The van der Waals surface area contributed by atoms with Gasteiger partial charge in [0.05, 0.1) is 17.4 Å². The number of hydrogen-bond acceptors (Lipinski definition) is 4. The van der Waals surface area contributed by atoms with Gasteiger partial charge in [0.1, 0.15) is 5.75 Å². The molecule has 0 radical (unpaired) electrons. The van der Waals surface area contributed by atoms with Crippen LogP contribution >= 0.6 is 0 Å². The van der Waals surface area contributed by atoms with E-state index in [1.54, 1.807) is 13.8 Å². The van der Waals surface area contributed by atoms with Crippen LogP contribution in [-0.4, -0.2) is 32.6 Å². The maximum atomic E-state index is 12.1. The SMILES string of the molecule is CCNC(c1ccccc1OCC)C(C)(C)S(C)(=O)=O. The van der Waals surface area contributed by atoms with Gasteiger partial charge in [-0.2, -0.15) is 0 Å². The second-order valence-electron chi connectivity index (χ2n) is 5.34. The molecule has 0 aromatic heterocycles. The Hall–Kier alpha value is -1.07. The molecule has 20 heavy (non-hydrogen) atoms. The molecule has 0 aliphatic carbocycles. The third-order valence-corrected chi connectivity index (χ3v) is 5.74. The molecule has 4 nitrogen and oxygen atoms in total. The summed E-state index contributed by atoms with van der Waals surface area (Å²) in [6.07, 6.45) is 1.28. The van der Waals surface area contributed by atoms with Gasteiger partial charge in [0.15, 0.2) is 9.84 Å². The third-order valence-electron chi connectivity index (χ3n) is 3.59. The highest BCUT2D eigenvalue weighted by molar-refractivity contribution is 7.92. The van der Waals surface area contributed by atoms with E-state index >= 15 is 0 Å². The molecule has 0 amide bonds. The van der Waals surface area contributed by atoms with Crippen molar-refractivity contribution in [3.05, 3.63) is 29.8 Å². The minimum Gasteiger partial charge on any atom is -0.494 e. The van der Waals surface area contributed by atoms with Crippen molar-refractivity contribution in [1.29, 1.82) is 0 Å². The van der Waals surface area contributed by atoms with Crippen LogP contribution in [0.15, 0.2) is 24.3 Å². The molecule has 0 aliphatic heterocycles. The van der Waals surface area contributed by atoms with Gasteiger partial charge in [-0.15, -0.1) is 0 Å². The first-order chi connectivity index (χ1) is 9.25. The van der Waals surface area contributed by atoms with E-state index in [1.807, 2.05) is 38.1 Å². The van der Waals surface area contributed by atoms with Gasteiger partial charge in [-0.25, -0.2) is 8.42 Å².